The fraction of sp³-hybridized carbons (Fsp3) is 0.300. The number of ether oxygens (including phenoxy) is 2. The molecule has 0 heterocycles. The minimum atomic E-state index is -1.27. The smallest absolute Gasteiger partial charge is 0.315 e. The van der Waals surface area contributed by atoms with Crippen LogP contribution in [0.4, 0.5) is 0 Å². The number of nitrogens with one attached hydrogen (secondary N) is 1. The van der Waals surface area contributed by atoms with Gasteiger partial charge in [0.25, 0.3) is 5.91 Å². The van der Waals surface area contributed by atoms with E-state index in [9.17, 15) is 14.7 Å². The summed E-state index contributed by atoms with van der Waals surface area (Å²) in [5.74, 6) is -1.14. The van der Waals surface area contributed by atoms with E-state index in [1.807, 2.05) is 0 Å². The Balaban J connectivity index is 2.19. The van der Waals surface area contributed by atoms with E-state index in [1.54, 1.807) is 56.5 Å². The molecule has 0 fully saturated rings. The van der Waals surface area contributed by atoms with Gasteiger partial charge in [0.2, 0.25) is 0 Å². The maximum absolute atomic E-state index is 12.7. The molecule has 0 aliphatic heterocycles. The third-order valence-corrected chi connectivity index (χ3v) is 4.45. The number of hydrogen-bond donors (Lipinski definition) is 2. The Bertz CT molecular complexity index is 796. The highest BCUT2D eigenvalue weighted by Crippen LogP contribution is 2.25. The van der Waals surface area contributed by atoms with Crippen molar-refractivity contribution in [1.82, 2.24) is 5.32 Å². The van der Waals surface area contributed by atoms with Crippen LogP contribution in [0.3, 0.4) is 0 Å². The van der Waals surface area contributed by atoms with Gasteiger partial charge in [-0.3, -0.25) is 9.59 Å². The number of rotatable bonds is 9. The lowest BCUT2D eigenvalue weighted by Crippen LogP contribution is -2.44. The van der Waals surface area contributed by atoms with Crippen molar-refractivity contribution in [2.24, 2.45) is 0 Å². The van der Waals surface area contributed by atoms with Crippen molar-refractivity contribution >= 4 is 23.5 Å². The first kappa shape index (κ1) is 20.7. The van der Waals surface area contributed by atoms with Crippen molar-refractivity contribution in [3.05, 3.63) is 64.7 Å². The zero-order chi connectivity index (χ0) is 19.9. The van der Waals surface area contributed by atoms with Gasteiger partial charge in [0, 0.05) is 18.7 Å². The van der Waals surface area contributed by atoms with Gasteiger partial charge in [-0.25, -0.2) is 0 Å². The van der Waals surface area contributed by atoms with E-state index in [4.69, 9.17) is 21.1 Å². The summed E-state index contributed by atoms with van der Waals surface area (Å²) in [6, 6.07) is 13.5. The monoisotopic (exact) mass is 391 g/mol. The lowest BCUT2D eigenvalue weighted by Gasteiger charge is -2.26. The van der Waals surface area contributed by atoms with E-state index in [2.05, 4.69) is 5.32 Å². The Kier molecular flexibility index (Phi) is 7.21. The van der Waals surface area contributed by atoms with E-state index in [0.29, 0.717) is 22.9 Å². The topological polar surface area (TPSA) is 84.9 Å². The molecule has 0 saturated carbocycles. The van der Waals surface area contributed by atoms with Gasteiger partial charge >= 0.3 is 5.97 Å². The number of benzene rings is 2. The summed E-state index contributed by atoms with van der Waals surface area (Å²) in [6.07, 6.45) is 0. The number of carbonyl (C=O) groups is 2. The minimum absolute atomic E-state index is 0.0881. The second kappa shape index (κ2) is 9.39. The molecule has 1 unspecified atom stereocenters. The zero-order valence-electron chi connectivity index (χ0n) is 15.2. The summed E-state index contributed by atoms with van der Waals surface area (Å²) < 4.78 is 10.5. The molecule has 0 spiro atoms. The van der Waals surface area contributed by atoms with Gasteiger partial charge in [-0.15, -0.1) is 0 Å². The molecule has 0 radical (unpaired) electrons. The summed E-state index contributed by atoms with van der Waals surface area (Å²) in [7, 11) is 1.55. The largest absolute Gasteiger partial charge is 0.490 e. The molecule has 2 rings (SSSR count). The minimum Gasteiger partial charge on any atom is -0.490 e. The molecule has 144 valence electrons. The van der Waals surface area contributed by atoms with Gasteiger partial charge in [-0.05, 0) is 30.7 Å². The molecule has 0 aliphatic carbocycles. The SMILES string of the molecule is COCCOc1ccc(Cl)cc1C(=O)NCC(C)(C(=O)O)c1ccccc1. The Morgan fingerprint density at radius 1 is 1.15 bits per heavy atom. The first-order valence-electron chi connectivity index (χ1n) is 8.37. The van der Waals surface area contributed by atoms with Gasteiger partial charge in [0.1, 0.15) is 17.8 Å². The number of carboxylic acids is 1. The Morgan fingerprint density at radius 3 is 2.48 bits per heavy atom. The summed E-state index contributed by atoms with van der Waals surface area (Å²) in [6.45, 7) is 2.12. The Morgan fingerprint density at radius 2 is 1.85 bits per heavy atom. The van der Waals surface area contributed by atoms with Crippen LogP contribution in [0.2, 0.25) is 5.02 Å². The highest BCUT2D eigenvalue weighted by molar-refractivity contribution is 6.31. The van der Waals surface area contributed by atoms with Crippen molar-refractivity contribution < 1.29 is 24.2 Å². The molecule has 2 N–H and O–H groups in total. The molecule has 6 nitrogen and oxygen atoms in total. The van der Waals surface area contributed by atoms with Gasteiger partial charge in [-0.1, -0.05) is 41.9 Å². The average Bonchev–Trinajstić information content (AvgIpc) is 2.67. The number of hydrogen-bond acceptors (Lipinski definition) is 4. The molecule has 2 aromatic rings. The average molecular weight is 392 g/mol. The first-order valence-corrected chi connectivity index (χ1v) is 8.74. The van der Waals surface area contributed by atoms with Gasteiger partial charge in [0.15, 0.2) is 0 Å². The van der Waals surface area contributed by atoms with E-state index in [1.165, 1.54) is 6.07 Å². The highest BCUT2D eigenvalue weighted by atomic mass is 35.5. The van der Waals surface area contributed by atoms with Crippen LogP contribution in [-0.4, -0.2) is 43.9 Å². The molecule has 0 aliphatic rings. The fourth-order valence-electron chi connectivity index (χ4n) is 2.50. The quantitative estimate of drug-likeness (QED) is 0.641. The van der Waals surface area contributed by atoms with E-state index < -0.39 is 17.3 Å². The van der Waals surface area contributed by atoms with Crippen LogP contribution in [0.25, 0.3) is 0 Å². The van der Waals surface area contributed by atoms with Crippen LogP contribution in [0.1, 0.15) is 22.8 Å². The molecule has 0 aromatic heterocycles. The third kappa shape index (κ3) is 5.21. The lowest BCUT2D eigenvalue weighted by molar-refractivity contribution is -0.142. The Hall–Kier alpha value is -2.57. The summed E-state index contributed by atoms with van der Waals surface area (Å²) in [5.41, 5.74) is -0.438. The molecule has 27 heavy (non-hydrogen) atoms. The van der Waals surface area contributed by atoms with Gasteiger partial charge in [0.05, 0.1) is 12.2 Å². The van der Waals surface area contributed by atoms with Crippen LogP contribution in [0.5, 0.6) is 5.75 Å². The van der Waals surface area contributed by atoms with Crippen molar-refractivity contribution in [1.29, 1.82) is 0 Å². The normalized spacial score (nSPS) is 12.9. The maximum atomic E-state index is 12.7. The summed E-state index contributed by atoms with van der Waals surface area (Å²) >= 11 is 6.00. The van der Waals surface area contributed by atoms with Crippen LogP contribution < -0.4 is 10.1 Å². The molecule has 1 atom stereocenters. The second-order valence-corrected chi connectivity index (χ2v) is 6.60. The van der Waals surface area contributed by atoms with Crippen LogP contribution in [-0.2, 0) is 14.9 Å². The molecule has 0 saturated heterocycles. The molecule has 1 amide bonds. The van der Waals surface area contributed by atoms with Crippen LogP contribution in [0.15, 0.2) is 48.5 Å². The van der Waals surface area contributed by atoms with Crippen molar-refractivity contribution in [2.75, 3.05) is 26.9 Å². The zero-order valence-corrected chi connectivity index (χ0v) is 16.0. The molecular formula is C20H22ClNO5. The number of aliphatic carboxylic acids is 1. The predicted octanol–water partition coefficient (Wildman–Crippen LogP) is 3.14. The Labute approximate surface area is 163 Å². The van der Waals surface area contributed by atoms with E-state index >= 15 is 0 Å². The summed E-state index contributed by atoms with van der Waals surface area (Å²) in [4.78, 5) is 24.5. The van der Waals surface area contributed by atoms with Crippen LogP contribution >= 0.6 is 11.6 Å². The standard InChI is InChI=1S/C20H22ClNO5/c1-20(19(24)25,14-6-4-3-5-7-14)13-22-18(23)16-12-15(21)8-9-17(16)27-11-10-26-2/h3-9,12H,10-11,13H2,1-2H3,(H,22,23)(H,24,25). The second-order valence-electron chi connectivity index (χ2n) is 6.17. The molecular weight excluding hydrogens is 370 g/mol. The van der Waals surface area contributed by atoms with Crippen molar-refractivity contribution in [2.45, 2.75) is 12.3 Å². The highest BCUT2D eigenvalue weighted by Gasteiger charge is 2.35. The van der Waals surface area contributed by atoms with Crippen LogP contribution in [0, 0.1) is 0 Å². The summed E-state index contributed by atoms with van der Waals surface area (Å²) in [5, 5.41) is 12.8. The molecule has 7 heteroatoms. The number of amides is 1. The number of carboxylic acid groups (broad SMARTS) is 1. The van der Waals surface area contributed by atoms with Gasteiger partial charge in [-0.2, -0.15) is 0 Å². The van der Waals surface area contributed by atoms with E-state index in [0.717, 1.165) is 0 Å². The first-order chi connectivity index (χ1) is 12.9. The maximum Gasteiger partial charge on any atom is 0.315 e. The number of methoxy groups -OCH3 is 1. The van der Waals surface area contributed by atoms with E-state index in [-0.39, 0.29) is 18.7 Å². The predicted molar refractivity (Wildman–Crippen MR) is 103 cm³/mol. The molecule has 2 aromatic carbocycles. The van der Waals surface area contributed by atoms with Crippen molar-refractivity contribution in [3.63, 3.8) is 0 Å². The molecule has 0 bridgehead atoms. The third-order valence-electron chi connectivity index (χ3n) is 4.22. The lowest BCUT2D eigenvalue weighted by atomic mass is 9.82. The van der Waals surface area contributed by atoms with Crippen molar-refractivity contribution in [3.8, 4) is 5.75 Å². The fourth-order valence-corrected chi connectivity index (χ4v) is 2.67. The number of carbonyl (C=O) groups excluding carboxylic acids is 1. The van der Waals surface area contributed by atoms with Gasteiger partial charge < -0.3 is 19.9 Å². The number of halogens is 1.